The van der Waals surface area contributed by atoms with Crippen molar-refractivity contribution in [3.05, 3.63) is 34.7 Å². The Balaban J connectivity index is 2.16. The minimum Gasteiger partial charge on any atom is -0.361 e. The van der Waals surface area contributed by atoms with E-state index >= 15 is 0 Å². The monoisotopic (exact) mass is 266 g/mol. The highest BCUT2D eigenvalue weighted by molar-refractivity contribution is 6.31. The molecule has 0 unspecified atom stereocenters. The van der Waals surface area contributed by atoms with Gasteiger partial charge in [-0.3, -0.25) is 14.9 Å². The zero-order chi connectivity index (χ0) is 12.9. The van der Waals surface area contributed by atoms with Gasteiger partial charge in [-0.05, 0) is 17.7 Å². The summed E-state index contributed by atoms with van der Waals surface area (Å²) in [5, 5.41) is 2.83. The standard InChI is InChI=1S/C12H8ClFN2O2/c13-8-3-10-5(1-9(8)14)7(4-15-10)6-2-11(17)16-12(6)18/h1,3-4,6,15H,2H2,(H,16,17,18)/t6-/m0/s1. The lowest BCUT2D eigenvalue weighted by molar-refractivity contribution is -0.125. The van der Waals surface area contributed by atoms with Gasteiger partial charge in [-0.2, -0.15) is 0 Å². The van der Waals surface area contributed by atoms with Gasteiger partial charge in [0.05, 0.1) is 10.9 Å². The predicted molar refractivity (Wildman–Crippen MR) is 63.8 cm³/mol. The molecule has 6 heteroatoms. The summed E-state index contributed by atoms with van der Waals surface area (Å²) in [5.74, 6) is -1.77. The number of aromatic nitrogens is 1. The van der Waals surface area contributed by atoms with E-state index in [-0.39, 0.29) is 23.3 Å². The van der Waals surface area contributed by atoms with Crippen molar-refractivity contribution < 1.29 is 14.0 Å². The first-order valence-electron chi connectivity index (χ1n) is 5.36. The molecular formula is C12H8ClFN2O2. The Bertz CT molecular complexity index is 680. The maximum absolute atomic E-state index is 13.5. The maximum Gasteiger partial charge on any atom is 0.234 e. The van der Waals surface area contributed by atoms with E-state index in [9.17, 15) is 14.0 Å². The molecule has 0 spiro atoms. The second-order valence-corrected chi connectivity index (χ2v) is 4.63. The molecule has 2 N–H and O–H groups in total. The molecule has 2 aromatic rings. The van der Waals surface area contributed by atoms with Crippen molar-refractivity contribution in [1.82, 2.24) is 10.3 Å². The molecule has 2 amide bonds. The van der Waals surface area contributed by atoms with Crippen LogP contribution in [0.4, 0.5) is 4.39 Å². The van der Waals surface area contributed by atoms with Gasteiger partial charge in [-0.25, -0.2) is 4.39 Å². The van der Waals surface area contributed by atoms with Gasteiger partial charge in [0.1, 0.15) is 5.82 Å². The SMILES string of the molecule is O=C1C[C@@H](c2c[nH]c3cc(Cl)c(F)cc23)C(=O)N1. The van der Waals surface area contributed by atoms with Crippen molar-refractivity contribution in [2.75, 3.05) is 0 Å². The molecule has 3 rings (SSSR count). The molecule has 18 heavy (non-hydrogen) atoms. The van der Waals surface area contributed by atoms with Crippen LogP contribution in [0.5, 0.6) is 0 Å². The number of carbonyl (C=O) groups is 2. The molecule has 1 saturated heterocycles. The third-order valence-electron chi connectivity index (χ3n) is 3.10. The number of imide groups is 1. The molecule has 1 aromatic carbocycles. The summed E-state index contributed by atoms with van der Waals surface area (Å²) in [6.07, 6.45) is 1.71. The lowest BCUT2D eigenvalue weighted by atomic mass is 9.97. The smallest absolute Gasteiger partial charge is 0.234 e. The van der Waals surface area contributed by atoms with Gasteiger partial charge in [0.2, 0.25) is 11.8 Å². The van der Waals surface area contributed by atoms with Crippen LogP contribution < -0.4 is 5.32 Å². The number of hydrogen-bond donors (Lipinski definition) is 2. The highest BCUT2D eigenvalue weighted by Gasteiger charge is 2.33. The van der Waals surface area contributed by atoms with Gasteiger partial charge in [-0.15, -0.1) is 0 Å². The summed E-state index contributed by atoms with van der Waals surface area (Å²) in [7, 11) is 0. The van der Waals surface area contributed by atoms with E-state index in [0.717, 1.165) is 0 Å². The summed E-state index contributed by atoms with van der Waals surface area (Å²) < 4.78 is 13.5. The molecule has 1 aromatic heterocycles. The minimum atomic E-state index is -0.563. The molecule has 1 atom stereocenters. The van der Waals surface area contributed by atoms with Crippen molar-refractivity contribution in [3.63, 3.8) is 0 Å². The summed E-state index contributed by atoms with van der Waals surface area (Å²) in [6.45, 7) is 0. The first-order valence-corrected chi connectivity index (χ1v) is 5.74. The molecule has 0 saturated carbocycles. The van der Waals surface area contributed by atoms with Crippen LogP contribution in [0.1, 0.15) is 17.9 Å². The van der Waals surface area contributed by atoms with Crippen LogP contribution in [0.3, 0.4) is 0 Å². The van der Waals surface area contributed by atoms with E-state index in [1.54, 1.807) is 6.20 Å². The highest BCUT2D eigenvalue weighted by atomic mass is 35.5. The lowest BCUT2D eigenvalue weighted by Crippen LogP contribution is -2.21. The second-order valence-electron chi connectivity index (χ2n) is 4.23. The number of nitrogens with one attached hydrogen (secondary N) is 2. The Morgan fingerprint density at radius 3 is 2.78 bits per heavy atom. The molecule has 1 aliphatic rings. The van der Waals surface area contributed by atoms with Crippen LogP contribution in [0.2, 0.25) is 5.02 Å². The van der Waals surface area contributed by atoms with Crippen LogP contribution in [0, 0.1) is 5.82 Å². The van der Waals surface area contributed by atoms with Gasteiger partial charge in [0, 0.05) is 23.5 Å². The van der Waals surface area contributed by atoms with Gasteiger partial charge in [0.25, 0.3) is 0 Å². The topological polar surface area (TPSA) is 62.0 Å². The Labute approximate surface area is 106 Å². The van der Waals surface area contributed by atoms with Gasteiger partial charge >= 0.3 is 0 Å². The largest absolute Gasteiger partial charge is 0.361 e. The van der Waals surface area contributed by atoms with E-state index in [1.807, 2.05) is 0 Å². The number of fused-ring (bicyclic) bond motifs is 1. The van der Waals surface area contributed by atoms with Crippen molar-refractivity contribution in [2.45, 2.75) is 12.3 Å². The van der Waals surface area contributed by atoms with E-state index in [2.05, 4.69) is 10.3 Å². The van der Waals surface area contributed by atoms with E-state index in [1.165, 1.54) is 12.1 Å². The number of aromatic amines is 1. The summed E-state index contributed by atoms with van der Waals surface area (Å²) in [5.41, 5.74) is 1.26. The number of amides is 2. The van der Waals surface area contributed by atoms with Gasteiger partial charge in [0.15, 0.2) is 0 Å². The molecule has 0 bridgehead atoms. The molecule has 1 aliphatic heterocycles. The normalized spacial score (nSPS) is 19.6. The fourth-order valence-corrected chi connectivity index (χ4v) is 2.40. The predicted octanol–water partition coefficient (Wildman–Crippen LogP) is 2.09. The lowest BCUT2D eigenvalue weighted by Gasteiger charge is -2.04. The van der Waals surface area contributed by atoms with Gasteiger partial charge < -0.3 is 4.98 Å². The van der Waals surface area contributed by atoms with Gasteiger partial charge in [-0.1, -0.05) is 11.6 Å². The molecule has 92 valence electrons. The third kappa shape index (κ3) is 1.59. The van der Waals surface area contributed by atoms with Crippen LogP contribution in [-0.2, 0) is 9.59 Å². The molecule has 2 heterocycles. The van der Waals surface area contributed by atoms with E-state index in [4.69, 9.17) is 11.6 Å². The number of benzene rings is 1. The van der Waals surface area contributed by atoms with Crippen LogP contribution in [0.25, 0.3) is 10.9 Å². The first-order chi connectivity index (χ1) is 8.56. The van der Waals surface area contributed by atoms with Crippen molar-refractivity contribution in [1.29, 1.82) is 0 Å². The fourth-order valence-electron chi connectivity index (χ4n) is 2.23. The highest BCUT2D eigenvalue weighted by Crippen LogP contribution is 2.32. The number of halogens is 2. The van der Waals surface area contributed by atoms with Crippen molar-refractivity contribution >= 4 is 34.3 Å². The maximum atomic E-state index is 13.5. The molecule has 0 radical (unpaired) electrons. The quantitative estimate of drug-likeness (QED) is 0.777. The van der Waals surface area contributed by atoms with E-state index < -0.39 is 11.7 Å². The van der Waals surface area contributed by atoms with Crippen LogP contribution in [0.15, 0.2) is 18.3 Å². The zero-order valence-corrected chi connectivity index (χ0v) is 9.84. The molecule has 0 aliphatic carbocycles. The summed E-state index contributed by atoms with van der Waals surface area (Å²) in [4.78, 5) is 25.7. The molecule has 1 fully saturated rings. The Kier molecular flexibility index (Phi) is 2.38. The second kappa shape index (κ2) is 3.81. The number of rotatable bonds is 1. The van der Waals surface area contributed by atoms with Crippen LogP contribution >= 0.6 is 11.6 Å². The number of hydrogen-bond acceptors (Lipinski definition) is 2. The molecule has 4 nitrogen and oxygen atoms in total. The average molecular weight is 267 g/mol. The summed E-state index contributed by atoms with van der Waals surface area (Å²) >= 11 is 5.68. The average Bonchev–Trinajstić information content (AvgIpc) is 2.83. The third-order valence-corrected chi connectivity index (χ3v) is 3.39. The van der Waals surface area contributed by atoms with Crippen molar-refractivity contribution in [3.8, 4) is 0 Å². The van der Waals surface area contributed by atoms with E-state index in [0.29, 0.717) is 16.5 Å². The number of H-pyrrole nitrogens is 1. The zero-order valence-electron chi connectivity index (χ0n) is 9.09. The Hall–Kier alpha value is -1.88. The Morgan fingerprint density at radius 2 is 2.11 bits per heavy atom. The fraction of sp³-hybridized carbons (Fsp3) is 0.167. The summed E-state index contributed by atoms with van der Waals surface area (Å²) in [6, 6.07) is 2.74. The molecular weight excluding hydrogens is 259 g/mol. The first kappa shape index (κ1) is 11.2. The van der Waals surface area contributed by atoms with Crippen molar-refractivity contribution in [2.24, 2.45) is 0 Å². The number of carbonyl (C=O) groups excluding carboxylic acids is 2. The Morgan fingerprint density at radius 1 is 1.33 bits per heavy atom. The van der Waals surface area contributed by atoms with Crippen LogP contribution in [-0.4, -0.2) is 16.8 Å². The minimum absolute atomic E-state index is 0.0165.